The number of benzene rings is 1. The maximum atomic E-state index is 13.0. The number of unbranched alkanes of at least 4 members (excludes halogenated alkanes) is 2. The Morgan fingerprint density at radius 2 is 1.93 bits per heavy atom. The van der Waals surface area contributed by atoms with Crippen LogP contribution in [0.2, 0.25) is 0 Å². The number of carbonyl (C=O) groups is 3. The Morgan fingerprint density at radius 1 is 1.10 bits per heavy atom. The van der Waals surface area contributed by atoms with Crippen LogP contribution in [-0.2, 0) is 16.0 Å². The number of carbonyl (C=O) groups excluding carboxylic acids is 3. The SMILES string of the molecule is CC(C)C[C@@H](CN1CCC[C@H]1C(=O)NCCCCc1ccccc1)NC(=O)CCCCC1SCC2NC(=O)NC21. The lowest BCUT2D eigenvalue weighted by Gasteiger charge is -2.30. The van der Waals surface area contributed by atoms with Crippen molar-refractivity contribution >= 4 is 29.6 Å². The van der Waals surface area contributed by atoms with Crippen molar-refractivity contribution in [3.05, 3.63) is 35.9 Å². The Bertz CT molecular complexity index is 962. The van der Waals surface area contributed by atoms with Crippen LogP contribution in [0.4, 0.5) is 4.79 Å². The summed E-state index contributed by atoms with van der Waals surface area (Å²) in [6, 6.07) is 10.9. The quantitative estimate of drug-likeness (QED) is 0.178. The van der Waals surface area contributed by atoms with Gasteiger partial charge in [-0.3, -0.25) is 14.5 Å². The van der Waals surface area contributed by atoms with Crippen molar-refractivity contribution in [3.63, 3.8) is 0 Å². The van der Waals surface area contributed by atoms with Crippen LogP contribution in [-0.4, -0.2) is 77.5 Å². The third-order valence-corrected chi connectivity index (χ3v) is 9.87. The van der Waals surface area contributed by atoms with E-state index in [0.29, 0.717) is 24.1 Å². The van der Waals surface area contributed by atoms with Gasteiger partial charge in [-0.25, -0.2) is 4.79 Å². The summed E-state index contributed by atoms with van der Waals surface area (Å²) in [7, 11) is 0. The molecule has 0 radical (unpaired) electrons. The van der Waals surface area contributed by atoms with Crippen LogP contribution in [0.3, 0.4) is 0 Å². The van der Waals surface area contributed by atoms with Gasteiger partial charge in [-0.2, -0.15) is 11.8 Å². The number of nitrogens with one attached hydrogen (secondary N) is 4. The third-order valence-electron chi connectivity index (χ3n) is 8.36. The highest BCUT2D eigenvalue weighted by atomic mass is 32.2. The zero-order chi connectivity index (χ0) is 28.3. The first kappa shape index (κ1) is 30.7. The summed E-state index contributed by atoms with van der Waals surface area (Å²) >= 11 is 1.92. The van der Waals surface area contributed by atoms with Gasteiger partial charge in [-0.05, 0) is 69.4 Å². The Kier molecular flexibility index (Phi) is 12.0. The molecule has 3 saturated heterocycles. The standard InChI is InChI=1S/C31H49N5O3S/c1-22(2)19-24(33-28(37)16-7-6-15-27-29-25(21-40-27)34-31(39)35-29)20-36-18-10-14-26(36)30(38)32-17-9-8-13-23-11-4-3-5-12-23/h3-5,11-12,22,24-27,29H,6-10,13-21H2,1-2H3,(H,32,38)(H,33,37)(H2,34,35,39)/t24-,25?,26-,27?,29?/m0/s1. The fourth-order valence-electron chi connectivity index (χ4n) is 6.37. The van der Waals surface area contributed by atoms with E-state index in [-0.39, 0.29) is 42.0 Å². The minimum atomic E-state index is -0.0982. The number of hydrogen-bond donors (Lipinski definition) is 4. The molecule has 0 saturated carbocycles. The largest absolute Gasteiger partial charge is 0.355 e. The van der Waals surface area contributed by atoms with E-state index in [1.54, 1.807) is 0 Å². The van der Waals surface area contributed by atoms with Crippen LogP contribution in [0.1, 0.15) is 77.2 Å². The number of thioether (sulfide) groups is 1. The van der Waals surface area contributed by atoms with Crippen LogP contribution in [0.25, 0.3) is 0 Å². The Hall–Kier alpha value is -2.26. The van der Waals surface area contributed by atoms with Gasteiger partial charge in [0.1, 0.15) is 0 Å². The number of hydrogen-bond acceptors (Lipinski definition) is 5. The fourth-order valence-corrected chi connectivity index (χ4v) is 7.92. The molecule has 3 heterocycles. The smallest absolute Gasteiger partial charge is 0.315 e. The van der Waals surface area contributed by atoms with Crippen molar-refractivity contribution in [2.45, 2.75) is 107 Å². The summed E-state index contributed by atoms with van der Waals surface area (Å²) in [5.41, 5.74) is 1.34. The molecular weight excluding hydrogens is 522 g/mol. The third kappa shape index (κ3) is 9.40. The monoisotopic (exact) mass is 571 g/mol. The van der Waals surface area contributed by atoms with Gasteiger partial charge in [-0.1, -0.05) is 50.6 Å². The normalized spacial score (nSPS) is 24.9. The summed E-state index contributed by atoms with van der Waals surface area (Å²) in [6.45, 7) is 6.72. The summed E-state index contributed by atoms with van der Waals surface area (Å²) in [5, 5.41) is 12.9. The predicted molar refractivity (Wildman–Crippen MR) is 162 cm³/mol. The number of rotatable bonds is 16. The summed E-state index contributed by atoms with van der Waals surface area (Å²) in [5.74, 6) is 1.67. The number of urea groups is 1. The van der Waals surface area contributed by atoms with Crippen molar-refractivity contribution in [2.75, 3.05) is 25.4 Å². The van der Waals surface area contributed by atoms with Crippen LogP contribution < -0.4 is 21.3 Å². The van der Waals surface area contributed by atoms with Crippen LogP contribution in [0.15, 0.2) is 30.3 Å². The maximum Gasteiger partial charge on any atom is 0.315 e. The topological polar surface area (TPSA) is 103 Å². The van der Waals surface area contributed by atoms with Crippen molar-refractivity contribution in [1.82, 2.24) is 26.2 Å². The number of fused-ring (bicyclic) bond motifs is 1. The molecule has 1 aromatic carbocycles. The Labute approximate surface area is 244 Å². The van der Waals surface area contributed by atoms with Crippen LogP contribution >= 0.6 is 11.8 Å². The van der Waals surface area contributed by atoms with Crippen LogP contribution in [0.5, 0.6) is 0 Å². The van der Waals surface area contributed by atoms with Crippen molar-refractivity contribution in [3.8, 4) is 0 Å². The second-order valence-corrected chi connectivity index (χ2v) is 13.4. The lowest BCUT2D eigenvalue weighted by atomic mass is 10.0. The molecule has 3 aliphatic rings. The van der Waals surface area contributed by atoms with E-state index < -0.39 is 0 Å². The van der Waals surface area contributed by atoms with Gasteiger partial charge in [-0.15, -0.1) is 0 Å². The molecule has 0 aliphatic carbocycles. The molecule has 40 heavy (non-hydrogen) atoms. The van der Waals surface area contributed by atoms with E-state index >= 15 is 0 Å². The minimum absolute atomic E-state index is 0.0487. The van der Waals surface area contributed by atoms with E-state index in [0.717, 1.165) is 76.6 Å². The Morgan fingerprint density at radius 3 is 2.73 bits per heavy atom. The zero-order valence-corrected chi connectivity index (χ0v) is 25.1. The van der Waals surface area contributed by atoms with E-state index in [2.05, 4.69) is 64.3 Å². The average Bonchev–Trinajstić information content (AvgIpc) is 3.63. The summed E-state index contributed by atoms with van der Waals surface area (Å²) in [4.78, 5) is 39.8. The first-order valence-corrected chi connectivity index (χ1v) is 16.5. The van der Waals surface area contributed by atoms with Gasteiger partial charge in [0.05, 0.1) is 18.1 Å². The van der Waals surface area contributed by atoms with Crippen molar-refractivity contribution in [2.24, 2.45) is 5.92 Å². The molecule has 5 atom stereocenters. The zero-order valence-electron chi connectivity index (χ0n) is 24.3. The summed E-state index contributed by atoms with van der Waals surface area (Å²) in [6.07, 6.45) is 9.28. The molecule has 0 spiro atoms. The van der Waals surface area contributed by atoms with Gasteiger partial charge in [0.2, 0.25) is 11.8 Å². The highest BCUT2D eigenvalue weighted by Crippen LogP contribution is 2.33. The van der Waals surface area contributed by atoms with Gasteiger partial charge >= 0.3 is 6.03 Å². The molecule has 0 bridgehead atoms. The lowest BCUT2D eigenvalue weighted by Crippen LogP contribution is -2.50. The van der Waals surface area contributed by atoms with E-state index in [4.69, 9.17) is 0 Å². The second-order valence-electron chi connectivity index (χ2n) is 12.1. The molecule has 8 nitrogen and oxygen atoms in total. The van der Waals surface area contributed by atoms with E-state index in [1.165, 1.54) is 5.56 Å². The van der Waals surface area contributed by atoms with E-state index in [1.807, 2.05) is 17.8 Å². The molecule has 3 fully saturated rings. The van der Waals surface area contributed by atoms with E-state index in [9.17, 15) is 14.4 Å². The molecular formula is C31H49N5O3S. The predicted octanol–water partition coefficient (Wildman–Crippen LogP) is 3.85. The maximum absolute atomic E-state index is 13.0. The van der Waals surface area contributed by atoms with Gasteiger partial charge in [0.25, 0.3) is 0 Å². The first-order chi connectivity index (χ1) is 19.4. The lowest BCUT2D eigenvalue weighted by molar-refractivity contribution is -0.125. The van der Waals surface area contributed by atoms with Crippen molar-refractivity contribution in [1.29, 1.82) is 0 Å². The van der Waals surface area contributed by atoms with Crippen molar-refractivity contribution < 1.29 is 14.4 Å². The first-order valence-electron chi connectivity index (χ1n) is 15.4. The fraction of sp³-hybridized carbons (Fsp3) is 0.710. The highest BCUT2D eigenvalue weighted by Gasteiger charge is 2.42. The van der Waals surface area contributed by atoms with Gasteiger partial charge in [0, 0.05) is 36.6 Å². The molecule has 4 rings (SSSR count). The summed E-state index contributed by atoms with van der Waals surface area (Å²) < 4.78 is 0. The molecule has 4 N–H and O–H groups in total. The molecule has 222 valence electrons. The van der Waals surface area contributed by atoms with Crippen LogP contribution in [0, 0.1) is 5.92 Å². The molecule has 3 aliphatic heterocycles. The minimum Gasteiger partial charge on any atom is -0.355 e. The molecule has 1 aromatic rings. The number of nitrogens with zero attached hydrogens (tertiary/aromatic N) is 1. The molecule has 4 amide bonds. The van der Waals surface area contributed by atoms with Gasteiger partial charge < -0.3 is 21.3 Å². The molecule has 3 unspecified atom stereocenters. The Balaban J connectivity index is 1.14. The molecule has 9 heteroatoms. The number of aryl methyl sites for hydroxylation is 1. The van der Waals surface area contributed by atoms with Gasteiger partial charge in [0.15, 0.2) is 0 Å². The number of amides is 4. The molecule has 0 aromatic heterocycles. The highest BCUT2D eigenvalue weighted by molar-refractivity contribution is 8.00. The second kappa shape index (κ2) is 15.7. The number of likely N-dealkylation sites (tertiary alicyclic amines) is 1. The average molecular weight is 572 g/mol.